The Kier molecular flexibility index (Phi) is 5.95. The molecule has 1 N–H and O–H groups in total. The quantitative estimate of drug-likeness (QED) is 0.776. The number of carbonyl (C=O) groups excluding carboxylic acids is 1. The highest BCUT2D eigenvalue weighted by molar-refractivity contribution is 8.00. The van der Waals surface area contributed by atoms with Gasteiger partial charge in [-0.3, -0.25) is 4.79 Å². The third-order valence-electron chi connectivity index (χ3n) is 5.32. The first kappa shape index (κ1) is 21.0. The molecule has 4 rings (SSSR count). The molecule has 9 heteroatoms. The Balaban J connectivity index is 1.50. The summed E-state index contributed by atoms with van der Waals surface area (Å²) in [6, 6.07) is 12.8. The minimum atomic E-state index is -3.64. The predicted molar refractivity (Wildman–Crippen MR) is 119 cm³/mol. The summed E-state index contributed by atoms with van der Waals surface area (Å²) in [5.74, 6) is 0.692. The second-order valence-electron chi connectivity index (χ2n) is 7.43. The van der Waals surface area contributed by atoms with E-state index < -0.39 is 10.0 Å². The summed E-state index contributed by atoms with van der Waals surface area (Å²) in [6.07, 6.45) is 0.410. The van der Waals surface area contributed by atoms with Crippen molar-refractivity contribution in [2.45, 2.75) is 28.4 Å². The van der Waals surface area contributed by atoms with E-state index in [1.165, 1.54) is 4.31 Å². The standard InChI is InChI=1S/C21H25N3O4S2/c1-15-12-21(25)22-19-14-18(6-7-20(19)29-15)30(26,27)24-10-8-23(9-11-24)16-4-3-5-17(13-16)28-2/h3-7,13-15H,8-12H2,1-2H3,(H,22,25)/t15-/m0/s1. The van der Waals surface area contributed by atoms with Gasteiger partial charge in [0.2, 0.25) is 15.9 Å². The molecule has 1 fully saturated rings. The van der Waals surface area contributed by atoms with Crippen LogP contribution in [-0.2, 0) is 14.8 Å². The molecule has 0 bridgehead atoms. The first-order valence-corrected chi connectivity index (χ1v) is 12.2. The zero-order valence-electron chi connectivity index (χ0n) is 17.0. The SMILES string of the molecule is COc1cccc(N2CCN(S(=O)(=O)c3ccc4c(c3)NC(=O)C[C@H](C)S4)CC2)c1. The van der Waals surface area contributed by atoms with Crippen LogP contribution in [0.2, 0.25) is 0 Å². The fraction of sp³-hybridized carbons (Fsp3) is 0.381. The van der Waals surface area contributed by atoms with Crippen LogP contribution < -0.4 is 15.0 Å². The van der Waals surface area contributed by atoms with E-state index in [-0.39, 0.29) is 16.1 Å². The number of methoxy groups -OCH3 is 1. The van der Waals surface area contributed by atoms with Crippen molar-refractivity contribution in [2.75, 3.05) is 43.5 Å². The average Bonchev–Trinajstić information content (AvgIpc) is 2.89. The molecule has 30 heavy (non-hydrogen) atoms. The third kappa shape index (κ3) is 4.28. The normalized spacial score (nSPS) is 20.3. The topological polar surface area (TPSA) is 79.0 Å². The monoisotopic (exact) mass is 447 g/mol. The van der Waals surface area contributed by atoms with Crippen LogP contribution in [0.4, 0.5) is 11.4 Å². The molecule has 1 saturated heterocycles. The summed E-state index contributed by atoms with van der Waals surface area (Å²) < 4.78 is 33.2. The Labute approximate surface area is 181 Å². The van der Waals surface area contributed by atoms with Crippen molar-refractivity contribution in [1.82, 2.24) is 4.31 Å². The Morgan fingerprint density at radius 3 is 2.60 bits per heavy atom. The molecular weight excluding hydrogens is 422 g/mol. The number of hydrogen-bond donors (Lipinski definition) is 1. The molecule has 2 heterocycles. The molecule has 160 valence electrons. The zero-order valence-corrected chi connectivity index (χ0v) is 18.6. The van der Waals surface area contributed by atoms with Gasteiger partial charge in [0.25, 0.3) is 0 Å². The van der Waals surface area contributed by atoms with Crippen molar-refractivity contribution in [1.29, 1.82) is 0 Å². The van der Waals surface area contributed by atoms with Gasteiger partial charge in [-0.15, -0.1) is 11.8 Å². The van der Waals surface area contributed by atoms with Gasteiger partial charge in [0.05, 0.1) is 17.7 Å². The van der Waals surface area contributed by atoms with Crippen LogP contribution in [0.5, 0.6) is 5.75 Å². The maximum Gasteiger partial charge on any atom is 0.243 e. The van der Waals surface area contributed by atoms with Crippen LogP contribution in [0.25, 0.3) is 0 Å². The number of thioether (sulfide) groups is 1. The summed E-state index contributed by atoms with van der Waals surface area (Å²) in [5.41, 5.74) is 1.59. The minimum absolute atomic E-state index is 0.0878. The number of anilines is 2. The lowest BCUT2D eigenvalue weighted by Crippen LogP contribution is -2.48. The summed E-state index contributed by atoms with van der Waals surface area (Å²) in [5, 5.41) is 3.00. The smallest absolute Gasteiger partial charge is 0.243 e. The lowest BCUT2D eigenvalue weighted by Gasteiger charge is -2.35. The van der Waals surface area contributed by atoms with Crippen molar-refractivity contribution in [3.8, 4) is 5.75 Å². The van der Waals surface area contributed by atoms with Crippen LogP contribution in [0.3, 0.4) is 0 Å². The number of carbonyl (C=O) groups is 1. The number of hydrogen-bond acceptors (Lipinski definition) is 6. The van der Waals surface area contributed by atoms with Crippen molar-refractivity contribution < 1.29 is 17.9 Å². The lowest BCUT2D eigenvalue weighted by molar-refractivity contribution is -0.116. The summed E-state index contributed by atoms with van der Waals surface area (Å²) >= 11 is 1.58. The van der Waals surface area contributed by atoms with Crippen molar-refractivity contribution in [3.63, 3.8) is 0 Å². The average molecular weight is 448 g/mol. The van der Waals surface area contributed by atoms with Crippen LogP contribution in [0.15, 0.2) is 52.3 Å². The van der Waals surface area contributed by atoms with Gasteiger partial charge in [-0.25, -0.2) is 8.42 Å². The van der Waals surface area contributed by atoms with Crippen molar-refractivity contribution in [2.24, 2.45) is 0 Å². The van der Waals surface area contributed by atoms with Gasteiger partial charge >= 0.3 is 0 Å². The van der Waals surface area contributed by atoms with Gasteiger partial charge in [-0.1, -0.05) is 13.0 Å². The minimum Gasteiger partial charge on any atom is -0.497 e. The van der Waals surface area contributed by atoms with E-state index in [9.17, 15) is 13.2 Å². The maximum absolute atomic E-state index is 13.2. The van der Waals surface area contributed by atoms with Crippen LogP contribution >= 0.6 is 11.8 Å². The van der Waals surface area contributed by atoms with E-state index in [0.717, 1.165) is 16.3 Å². The molecule has 1 atom stereocenters. The second kappa shape index (κ2) is 8.49. The zero-order chi connectivity index (χ0) is 21.3. The molecule has 0 radical (unpaired) electrons. The number of rotatable bonds is 4. The molecular formula is C21H25N3O4S2. The number of nitrogens with zero attached hydrogens (tertiary/aromatic N) is 2. The summed E-state index contributed by atoms with van der Waals surface area (Å²) in [7, 11) is -2.00. The van der Waals surface area contributed by atoms with Crippen molar-refractivity contribution in [3.05, 3.63) is 42.5 Å². The highest BCUT2D eigenvalue weighted by atomic mass is 32.2. The fourth-order valence-electron chi connectivity index (χ4n) is 3.73. The third-order valence-corrected chi connectivity index (χ3v) is 8.39. The van der Waals surface area contributed by atoms with Gasteiger partial charge in [0.15, 0.2) is 0 Å². The number of fused-ring (bicyclic) bond motifs is 1. The molecule has 2 aromatic carbocycles. The number of nitrogens with one attached hydrogen (secondary N) is 1. The second-order valence-corrected chi connectivity index (χ2v) is 10.8. The van der Waals surface area contributed by atoms with Gasteiger partial charge in [-0.2, -0.15) is 4.31 Å². The summed E-state index contributed by atoms with van der Waals surface area (Å²) in [6.45, 7) is 3.98. The van der Waals surface area contributed by atoms with Gasteiger partial charge < -0.3 is 15.0 Å². The number of amides is 1. The van der Waals surface area contributed by atoms with E-state index in [4.69, 9.17) is 4.74 Å². The number of benzene rings is 2. The van der Waals surface area contributed by atoms with E-state index >= 15 is 0 Å². The first-order chi connectivity index (χ1) is 14.4. The molecule has 2 aliphatic rings. The van der Waals surface area contributed by atoms with Crippen LogP contribution in [0.1, 0.15) is 13.3 Å². The number of ether oxygens (including phenoxy) is 1. The Morgan fingerprint density at radius 2 is 1.87 bits per heavy atom. The maximum atomic E-state index is 13.2. The fourth-order valence-corrected chi connectivity index (χ4v) is 6.23. The highest BCUT2D eigenvalue weighted by Crippen LogP contribution is 2.37. The van der Waals surface area contributed by atoms with E-state index in [2.05, 4.69) is 10.2 Å². The van der Waals surface area contributed by atoms with Gasteiger partial charge in [0.1, 0.15) is 5.75 Å². The van der Waals surface area contributed by atoms with E-state index in [1.807, 2.05) is 31.2 Å². The predicted octanol–water partition coefficient (Wildman–Crippen LogP) is 3.03. The van der Waals surface area contributed by atoms with E-state index in [1.54, 1.807) is 37.1 Å². The molecule has 0 aromatic heterocycles. The Morgan fingerprint density at radius 1 is 1.10 bits per heavy atom. The molecule has 0 saturated carbocycles. The highest BCUT2D eigenvalue weighted by Gasteiger charge is 2.30. The number of piperazine rings is 1. The Hall–Kier alpha value is -2.23. The van der Waals surface area contributed by atoms with Crippen LogP contribution in [0, 0.1) is 0 Å². The molecule has 0 aliphatic carbocycles. The van der Waals surface area contributed by atoms with E-state index in [0.29, 0.717) is 38.3 Å². The summed E-state index contributed by atoms with van der Waals surface area (Å²) in [4.78, 5) is 15.3. The molecule has 7 nitrogen and oxygen atoms in total. The lowest BCUT2D eigenvalue weighted by atomic mass is 10.2. The first-order valence-electron chi connectivity index (χ1n) is 9.86. The van der Waals surface area contributed by atoms with Crippen molar-refractivity contribution >= 4 is 39.1 Å². The number of sulfonamides is 1. The van der Waals surface area contributed by atoms with Gasteiger partial charge in [0, 0.05) is 54.5 Å². The Bertz CT molecular complexity index is 1050. The molecule has 2 aromatic rings. The molecule has 0 spiro atoms. The van der Waals surface area contributed by atoms with Gasteiger partial charge in [-0.05, 0) is 30.3 Å². The molecule has 0 unspecified atom stereocenters. The van der Waals surface area contributed by atoms with Crippen LogP contribution in [-0.4, -0.2) is 57.2 Å². The molecule has 2 aliphatic heterocycles. The largest absolute Gasteiger partial charge is 0.497 e. The molecule has 1 amide bonds.